The number of rotatable bonds is 3. The molecule has 2 heteroatoms. The molecule has 0 spiro atoms. The summed E-state index contributed by atoms with van der Waals surface area (Å²) in [6, 6.07) is 8.71. The van der Waals surface area contributed by atoms with Gasteiger partial charge in [0.2, 0.25) is 6.29 Å². The Balaban J connectivity index is 2.77. The van der Waals surface area contributed by atoms with E-state index in [9.17, 15) is 9.59 Å². The Bertz CT molecular complexity index is 252. The molecule has 0 fully saturated rings. The first kappa shape index (κ1) is 7.66. The average molecular weight is 148 g/mol. The fraction of sp³-hybridized carbons (Fsp3) is 0.111. The van der Waals surface area contributed by atoms with E-state index in [2.05, 4.69) is 0 Å². The van der Waals surface area contributed by atoms with Gasteiger partial charge in [0.25, 0.3) is 0 Å². The van der Waals surface area contributed by atoms with Gasteiger partial charge in [-0.3, -0.25) is 9.59 Å². The van der Waals surface area contributed by atoms with E-state index in [0.29, 0.717) is 5.56 Å². The SMILES string of the molecule is O=[13C]CC(=O)c1ccccc1. The van der Waals surface area contributed by atoms with Crippen molar-refractivity contribution in [3.8, 4) is 0 Å². The molecule has 1 rings (SSSR count). The number of ketones is 1. The summed E-state index contributed by atoms with van der Waals surface area (Å²) in [5.41, 5.74) is 0.566. The van der Waals surface area contributed by atoms with Crippen LogP contribution < -0.4 is 0 Å². The predicted octanol–water partition coefficient (Wildman–Crippen LogP) is 1.37. The van der Waals surface area contributed by atoms with E-state index in [1.807, 2.05) is 6.07 Å². The van der Waals surface area contributed by atoms with E-state index >= 15 is 0 Å². The maximum absolute atomic E-state index is 11.0. The van der Waals surface area contributed by atoms with Crippen molar-refractivity contribution in [2.75, 3.05) is 0 Å². The van der Waals surface area contributed by atoms with Crippen LogP contribution in [0.25, 0.3) is 0 Å². The number of Topliss-reactive ketones (excluding diaryl/α,β-unsaturated/α-hetero) is 1. The summed E-state index contributed by atoms with van der Waals surface area (Å²) in [6.45, 7) is 0. The predicted molar refractivity (Wildman–Crippen MR) is 41.1 cm³/mol. The van der Waals surface area contributed by atoms with Crippen LogP contribution in [0.4, 0.5) is 0 Å². The van der Waals surface area contributed by atoms with E-state index in [-0.39, 0.29) is 12.2 Å². The lowest BCUT2D eigenvalue weighted by molar-refractivity contribution is 0.1000. The van der Waals surface area contributed by atoms with E-state index in [4.69, 9.17) is 0 Å². The molecule has 11 heavy (non-hydrogen) atoms. The number of benzene rings is 1. The van der Waals surface area contributed by atoms with Crippen molar-refractivity contribution in [1.29, 1.82) is 0 Å². The minimum Gasteiger partial charge on any atom is -0.294 e. The van der Waals surface area contributed by atoms with Crippen LogP contribution in [0.5, 0.6) is 0 Å². The third-order valence-electron chi connectivity index (χ3n) is 1.33. The van der Waals surface area contributed by atoms with Crippen molar-refractivity contribution < 1.29 is 9.59 Å². The van der Waals surface area contributed by atoms with Gasteiger partial charge in [-0.05, 0) is 0 Å². The van der Waals surface area contributed by atoms with E-state index < -0.39 is 0 Å². The zero-order valence-electron chi connectivity index (χ0n) is 5.91. The van der Waals surface area contributed by atoms with Crippen molar-refractivity contribution in [3.63, 3.8) is 0 Å². The first-order valence-corrected chi connectivity index (χ1v) is 3.28. The normalized spacial score (nSPS) is 9.09. The second-order valence-corrected chi connectivity index (χ2v) is 2.11. The largest absolute Gasteiger partial charge is 0.294 e. The summed E-state index contributed by atoms with van der Waals surface area (Å²) in [6.07, 6.45) is 1.42. The van der Waals surface area contributed by atoms with Crippen LogP contribution >= 0.6 is 0 Å². The highest BCUT2D eigenvalue weighted by Gasteiger charge is 2.02. The fourth-order valence-electron chi connectivity index (χ4n) is 0.792. The summed E-state index contributed by atoms with van der Waals surface area (Å²) >= 11 is 0. The second kappa shape index (κ2) is 3.66. The molecule has 0 saturated carbocycles. The molecule has 1 aromatic rings. The highest BCUT2D eigenvalue weighted by Crippen LogP contribution is 2.00. The van der Waals surface area contributed by atoms with Crippen LogP contribution in [-0.4, -0.2) is 12.1 Å². The molecule has 55 valence electrons. The molecule has 0 aromatic heterocycles. The Morgan fingerprint density at radius 3 is 2.45 bits per heavy atom. The Morgan fingerprint density at radius 1 is 1.27 bits per heavy atom. The van der Waals surface area contributed by atoms with Crippen molar-refractivity contribution in [3.05, 3.63) is 35.9 Å². The van der Waals surface area contributed by atoms with Gasteiger partial charge in [-0.1, -0.05) is 30.3 Å². The molecule has 0 atom stereocenters. The van der Waals surface area contributed by atoms with Crippen LogP contribution in [0.2, 0.25) is 0 Å². The van der Waals surface area contributed by atoms with Crippen molar-refractivity contribution >= 4 is 12.1 Å². The molecule has 0 heterocycles. The van der Waals surface area contributed by atoms with Gasteiger partial charge in [-0.15, -0.1) is 0 Å². The lowest BCUT2D eigenvalue weighted by Crippen LogP contribution is -1.98. The minimum atomic E-state index is -0.180. The van der Waals surface area contributed by atoms with Crippen LogP contribution in [0.3, 0.4) is 0 Å². The molecule has 0 aliphatic carbocycles. The molecule has 0 N–H and O–H groups in total. The fourth-order valence-corrected chi connectivity index (χ4v) is 0.792. The summed E-state index contributed by atoms with van der Waals surface area (Å²) in [5, 5.41) is 0. The van der Waals surface area contributed by atoms with Gasteiger partial charge in [-0.2, -0.15) is 0 Å². The molecule has 0 aliphatic heterocycles. The molecular formula is C9H7O2. The van der Waals surface area contributed by atoms with Crippen LogP contribution in [0.1, 0.15) is 16.8 Å². The van der Waals surface area contributed by atoms with Gasteiger partial charge in [0.1, 0.15) is 0 Å². The van der Waals surface area contributed by atoms with E-state index in [1.54, 1.807) is 30.6 Å². The smallest absolute Gasteiger partial charge is 0.206 e. The summed E-state index contributed by atoms with van der Waals surface area (Å²) in [7, 11) is 0. The molecule has 0 aliphatic rings. The Labute approximate surface area is 64.8 Å². The molecular weight excluding hydrogens is 141 g/mol. The average Bonchev–Trinajstić information content (AvgIpc) is 2.07. The molecule has 0 saturated heterocycles. The van der Waals surface area contributed by atoms with Crippen LogP contribution in [0.15, 0.2) is 30.3 Å². The van der Waals surface area contributed by atoms with Gasteiger partial charge >= 0.3 is 0 Å². The van der Waals surface area contributed by atoms with E-state index in [1.165, 1.54) is 0 Å². The van der Waals surface area contributed by atoms with E-state index in [0.717, 1.165) is 0 Å². The van der Waals surface area contributed by atoms with Gasteiger partial charge < -0.3 is 0 Å². The molecule has 0 unspecified atom stereocenters. The quantitative estimate of drug-likeness (QED) is 0.368. The molecule has 1 aromatic carbocycles. The second-order valence-electron chi connectivity index (χ2n) is 2.11. The summed E-state index contributed by atoms with van der Waals surface area (Å²) in [5.74, 6) is -0.180. The maximum Gasteiger partial charge on any atom is 0.206 e. The zero-order valence-corrected chi connectivity index (χ0v) is 5.91. The van der Waals surface area contributed by atoms with Crippen molar-refractivity contribution in [2.45, 2.75) is 6.42 Å². The number of carbonyl (C=O) groups excluding carboxylic acids is 2. The topological polar surface area (TPSA) is 34.1 Å². The maximum atomic E-state index is 11.0. The summed E-state index contributed by atoms with van der Waals surface area (Å²) < 4.78 is 0. The number of carbonyl (C=O) groups is 1. The summed E-state index contributed by atoms with van der Waals surface area (Å²) in [4.78, 5) is 20.8. The zero-order chi connectivity index (χ0) is 8.10. The Hall–Kier alpha value is -1.44. The van der Waals surface area contributed by atoms with Gasteiger partial charge in [0, 0.05) is 5.56 Å². The van der Waals surface area contributed by atoms with Gasteiger partial charge in [-0.25, -0.2) is 0 Å². The van der Waals surface area contributed by atoms with Gasteiger partial charge in [0.15, 0.2) is 5.78 Å². The Kier molecular flexibility index (Phi) is 2.55. The minimum absolute atomic E-state index is 0.149. The third-order valence-corrected chi connectivity index (χ3v) is 1.33. The first-order valence-electron chi connectivity index (χ1n) is 3.28. The highest BCUT2D eigenvalue weighted by atomic mass is 16.2. The Morgan fingerprint density at radius 2 is 1.91 bits per heavy atom. The molecule has 2 nitrogen and oxygen atoms in total. The first-order chi connectivity index (χ1) is 5.34. The molecule has 0 amide bonds. The van der Waals surface area contributed by atoms with Crippen LogP contribution in [0, 0.1) is 0 Å². The number of hydrogen-bond donors (Lipinski definition) is 0. The van der Waals surface area contributed by atoms with Crippen molar-refractivity contribution in [2.24, 2.45) is 0 Å². The lowest BCUT2D eigenvalue weighted by Gasteiger charge is -1.92. The number of hydrogen-bond acceptors (Lipinski definition) is 2. The standard InChI is InChI=1S/C9H7O2/c10-7-6-9(11)8-4-2-1-3-5-8/h1-5H,6H2/i7+1. The third kappa shape index (κ3) is 2.00. The van der Waals surface area contributed by atoms with Crippen LogP contribution in [-0.2, 0) is 4.79 Å². The lowest BCUT2D eigenvalue weighted by atomic mass is 10.1. The molecule has 0 bridgehead atoms. The van der Waals surface area contributed by atoms with Gasteiger partial charge in [0.05, 0.1) is 6.42 Å². The monoisotopic (exact) mass is 148 g/mol. The highest BCUT2D eigenvalue weighted by molar-refractivity contribution is 6.02. The molecule has 1 radical (unpaired) electrons. The van der Waals surface area contributed by atoms with Crippen molar-refractivity contribution in [1.82, 2.24) is 0 Å².